The van der Waals surface area contributed by atoms with Gasteiger partial charge in [0.25, 0.3) is 0 Å². The molecule has 0 bridgehead atoms. The molecule has 0 aliphatic carbocycles. The van der Waals surface area contributed by atoms with Gasteiger partial charge in [-0.3, -0.25) is 0 Å². The summed E-state index contributed by atoms with van der Waals surface area (Å²) in [5.74, 6) is 0.864. The van der Waals surface area contributed by atoms with E-state index in [4.69, 9.17) is 36.3 Å². The molecule has 0 radical (unpaired) electrons. The van der Waals surface area contributed by atoms with Crippen molar-refractivity contribution in [1.29, 1.82) is 0 Å². The monoisotopic (exact) mass is 445 g/mol. The first-order valence-electron chi connectivity index (χ1n) is 8.94. The molecule has 3 aromatic rings. The number of benzene rings is 2. The van der Waals surface area contributed by atoms with Crippen LogP contribution in [0.25, 0.3) is 0 Å². The molecule has 3 N–H and O–H groups in total. The lowest BCUT2D eigenvalue weighted by Crippen LogP contribution is -2.11. The molecule has 10 nitrogen and oxygen atoms in total. The summed E-state index contributed by atoms with van der Waals surface area (Å²) in [6, 6.07) is 10.1. The van der Waals surface area contributed by atoms with E-state index in [1.54, 1.807) is 19.2 Å². The van der Waals surface area contributed by atoms with Crippen molar-refractivity contribution in [3.8, 4) is 17.2 Å². The number of esters is 1. The maximum atomic E-state index is 12.5. The highest BCUT2D eigenvalue weighted by Crippen LogP contribution is 2.36. The second-order valence-corrected chi connectivity index (χ2v) is 6.44. The molecule has 0 unspecified atom stereocenters. The second kappa shape index (κ2) is 9.81. The summed E-state index contributed by atoms with van der Waals surface area (Å²) >= 11 is 6.14. The van der Waals surface area contributed by atoms with Gasteiger partial charge < -0.3 is 30.0 Å². The first kappa shape index (κ1) is 21.9. The van der Waals surface area contributed by atoms with Gasteiger partial charge in [0.2, 0.25) is 11.9 Å². The van der Waals surface area contributed by atoms with Gasteiger partial charge in [0.1, 0.15) is 5.75 Å². The molecular weight excluding hydrogens is 426 g/mol. The first-order valence-corrected chi connectivity index (χ1v) is 9.32. The third-order valence-corrected chi connectivity index (χ3v) is 4.33. The van der Waals surface area contributed by atoms with Crippen LogP contribution in [-0.4, -0.2) is 42.3 Å². The third kappa shape index (κ3) is 5.23. The molecule has 31 heavy (non-hydrogen) atoms. The summed E-state index contributed by atoms with van der Waals surface area (Å²) in [5.41, 5.74) is 6.58. The number of nitrogens with two attached hydrogens (primary N) is 1. The van der Waals surface area contributed by atoms with E-state index in [9.17, 15) is 4.79 Å². The van der Waals surface area contributed by atoms with Gasteiger partial charge in [0, 0.05) is 0 Å². The largest absolute Gasteiger partial charge is 0.495 e. The fourth-order valence-corrected chi connectivity index (χ4v) is 2.96. The summed E-state index contributed by atoms with van der Waals surface area (Å²) in [6.45, 7) is -0.238. The molecule has 0 fully saturated rings. The van der Waals surface area contributed by atoms with Crippen LogP contribution in [0.1, 0.15) is 16.2 Å². The minimum absolute atomic E-state index is 0.0346. The fraction of sp³-hybridized carbons (Fsp3) is 0.200. The number of nitrogens with one attached hydrogen (secondary N) is 1. The van der Waals surface area contributed by atoms with Crippen molar-refractivity contribution in [2.45, 2.75) is 6.61 Å². The van der Waals surface area contributed by atoms with Crippen LogP contribution >= 0.6 is 11.6 Å². The van der Waals surface area contributed by atoms with E-state index in [1.807, 2.05) is 12.1 Å². The van der Waals surface area contributed by atoms with E-state index in [1.165, 1.54) is 26.4 Å². The number of methoxy groups -OCH3 is 3. The smallest absolute Gasteiger partial charge is 0.338 e. The third-order valence-electron chi connectivity index (χ3n) is 4.05. The van der Waals surface area contributed by atoms with E-state index >= 15 is 0 Å². The quantitative estimate of drug-likeness (QED) is 0.498. The SMILES string of the molecule is COc1ccccc1Nc1nc(N)nc(COC(=O)c2cc(Cl)c(OC)c(OC)c2)n1. The number of hydrogen-bond acceptors (Lipinski definition) is 10. The predicted molar refractivity (Wildman–Crippen MR) is 114 cm³/mol. The Morgan fingerprint density at radius 2 is 1.77 bits per heavy atom. The summed E-state index contributed by atoms with van der Waals surface area (Å²) in [7, 11) is 4.43. The van der Waals surface area contributed by atoms with Crippen molar-refractivity contribution in [1.82, 2.24) is 15.0 Å². The number of anilines is 3. The van der Waals surface area contributed by atoms with E-state index in [2.05, 4.69) is 20.3 Å². The highest BCUT2D eigenvalue weighted by molar-refractivity contribution is 6.32. The normalized spacial score (nSPS) is 10.3. The molecule has 0 atom stereocenters. The number of nitrogens with zero attached hydrogens (tertiary/aromatic N) is 3. The van der Waals surface area contributed by atoms with Crippen molar-refractivity contribution >= 4 is 35.2 Å². The number of ether oxygens (including phenoxy) is 4. The highest BCUT2D eigenvalue weighted by atomic mass is 35.5. The predicted octanol–water partition coefficient (Wildman–Crippen LogP) is 3.23. The van der Waals surface area contributed by atoms with Crippen LogP contribution in [-0.2, 0) is 11.3 Å². The van der Waals surface area contributed by atoms with E-state index in [0.717, 1.165) is 0 Å². The molecule has 162 valence electrons. The summed E-state index contributed by atoms with van der Waals surface area (Å²) in [5, 5.41) is 3.21. The van der Waals surface area contributed by atoms with Gasteiger partial charge in [0.05, 0.1) is 37.6 Å². The van der Waals surface area contributed by atoms with Gasteiger partial charge in [-0.15, -0.1) is 0 Å². The molecule has 0 aliphatic heterocycles. The molecule has 2 aromatic carbocycles. The van der Waals surface area contributed by atoms with Gasteiger partial charge >= 0.3 is 5.97 Å². The number of nitrogen functional groups attached to an aromatic ring is 1. The van der Waals surface area contributed by atoms with E-state index < -0.39 is 5.97 Å². The molecule has 11 heteroatoms. The van der Waals surface area contributed by atoms with Crippen molar-refractivity contribution in [3.63, 3.8) is 0 Å². The van der Waals surface area contributed by atoms with Gasteiger partial charge in [-0.1, -0.05) is 23.7 Å². The second-order valence-electron chi connectivity index (χ2n) is 6.03. The Balaban J connectivity index is 1.75. The number of hydrogen-bond donors (Lipinski definition) is 2. The number of aromatic nitrogens is 3. The van der Waals surface area contributed by atoms with Crippen LogP contribution in [0, 0.1) is 0 Å². The number of carbonyl (C=O) groups is 1. The first-order chi connectivity index (χ1) is 14.9. The minimum Gasteiger partial charge on any atom is -0.495 e. The van der Waals surface area contributed by atoms with Crippen LogP contribution in [0.4, 0.5) is 17.6 Å². The average Bonchev–Trinajstić information content (AvgIpc) is 2.76. The molecule has 0 saturated carbocycles. The Morgan fingerprint density at radius 3 is 2.48 bits per heavy atom. The Kier molecular flexibility index (Phi) is 6.93. The van der Waals surface area contributed by atoms with E-state index in [0.29, 0.717) is 22.9 Å². The number of para-hydroxylation sites is 2. The Morgan fingerprint density at radius 1 is 1.03 bits per heavy atom. The van der Waals surface area contributed by atoms with Gasteiger partial charge in [-0.25, -0.2) is 4.79 Å². The summed E-state index contributed by atoms with van der Waals surface area (Å²) in [4.78, 5) is 24.7. The number of carbonyl (C=O) groups excluding carboxylic acids is 1. The topological polar surface area (TPSA) is 131 Å². The lowest BCUT2D eigenvalue weighted by molar-refractivity contribution is 0.0461. The molecule has 1 aromatic heterocycles. The zero-order chi connectivity index (χ0) is 22.4. The fourth-order valence-electron chi connectivity index (χ4n) is 2.68. The van der Waals surface area contributed by atoms with E-state index in [-0.39, 0.29) is 34.9 Å². The number of halogens is 1. The van der Waals surface area contributed by atoms with Gasteiger partial charge in [-0.05, 0) is 24.3 Å². The molecule has 0 amide bonds. The van der Waals surface area contributed by atoms with Crippen molar-refractivity contribution in [2.24, 2.45) is 0 Å². The Hall–Kier alpha value is -3.79. The zero-order valence-electron chi connectivity index (χ0n) is 17.0. The number of rotatable bonds is 8. The van der Waals surface area contributed by atoms with Gasteiger partial charge in [-0.2, -0.15) is 15.0 Å². The molecule has 0 saturated heterocycles. The summed E-state index contributed by atoms with van der Waals surface area (Å²) < 4.78 is 20.9. The average molecular weight is 446 g/mol. The van der Waals surface area contributed by atoms with Crippen LogP contribution < -0.4 is 25.3 Å². The van der Waals surface area contributed by atoms with Crippen LogP contribution in [0.5, 0.6) is 17.2 Å². The zero-order valence-corrected chi connectivity index (χ0v) is 17.8. The lowest BCUT2D eigenvalue weighted by Gasteiger charge is -2.12. The molecule has 0 aliphatic rings. The summed E-state index contributed by atoms with van der Waals surface area (Å²) in [6.07, 6.45) is 0. The maximum absolute atomic E-state index is 12.5. The molecule has 0 spiro atoms. The highest BCUT2D eigenvalue weighted by Gasteiger charge is 2.17. The maximum Gasteiger partial charge on any atom is 0.338 e. The lowest BCUT2D eigenvalue weighted by atomic mass is 10.2. The Labute approximate surface area is 183 Å². The standard InChI is InChI=1S/C20H20ClN5O5/c1-28-14-7-5-4-6-13(14)23-20-25-16(24-19(22)26-20)10-31-18(27)11-8-12(21)17(30-3)15(9-11)29-2/h4-9H,10H2,1-3H3,(H3,22,23,24,25,26). The Bertz CT molecular complexity index is 1100. The van der Waals surface area contributed by atoms with Gasteiger partial charge in [0.15, 0.2) is 23.9 Å². The molecule has 1 heterocycles. The molecule has 3 rings (SSSR count). The van der Waals surface area contributed by atoms with Crippen LogP contribution in [0.15, 0.2) is 36.4 Å². The van der Waals surface area contributed by atoms with Crippen molar-refractivity contribution in [3.05, 3.63) is 52.8 Å². The van der Waals surface area contributed by atoms with Crippen LogP contribution in [0.3, 0.4) is 0 Å². The molecular formula is C20H20ClN5O5. The van der Waals surface area contributed by atoms with Crippen molar-refractivity contribution < 1.29 is 23.7 Å². The van der Waals surface area contributed by atoms with Crippen LogP contribution in [0.2, 0.25) is 5.02 Å². The minimum atomic E-state index is -0.652. The van der Waals surface area contributed by atoms with Crippen molar-refractivity contribution in [2.75, 3.05) is 32.4 Å².